The number of hydrogen-bond donors (Lipinski definition) is 1. The number of rotatable bonds is 3. The van der Waals surface area contributed by atoms with Crippen molar-refractivity contribution in [1.29, 1.82) is 0 Å². The quantitative estimate of drug-likeness (QED) is 0.804. The average Bonchev–Trinajstić information content (AvgIpc) is 3.22. The molecular weight excluding hydrogens is 381 g/mol. The van der Waals surface area contributed by atoms with Crippen LogP contribution in [0.4, 0.5) is 9.18 Å². The third-order valence-corrected chi connectivity index (χ3v) is 6.58. The lowest BCUT2D eigenvalue weighted by Gasteiger charge is -2.34. The van der Waals surface area contributed by atoms with Gasteiger partial charge in [0.25, 0.3) is 5.91 Å². The van der Waals surface area contributed by atoms with E-state index < -0.39 is 23.3 Å². The zero-order valence-electron chi connectivity index (χ0n) is 15.6. The summed E-state index contributed by atoms with van der Waals surface area (Å²) < 4.78 is 13.2. The predicted molar refractivity (Wildman–Crippen MR) is 102 cm³/mol. The maximum atomic E-state index is 13.2. The SMILES string of the molecule is C[C@H]1c2ccsc2CCN1C(=O)CN1C(=O)N[C@@](C)(c2ccc(F)cc2)C1=O. The van der Waals surface area contributed by atoms with E-state index in [-0.39, 0.29) is 18.5 Å². The average molecular weight is 401 g/mol. The Balaban J connectivity index is 1.52. The Morgan fingerprint density at radius 1 is 1.29 bits per heavy atom. The number of nitrogens with zero attached hydrogens (tertiary/aromatic N) is 2. The van der Waals surface area contributed by atoms with Crippen LogP contribution in [0, 0.1) is 5.82 Å². The van der Waals surface area contributed by atoms with Crippen molar-refractivity contribution in [3.05, 3.63) is 57.5 Å². The number of thiophene rings is 1. The second kappa shape index (κ2) is 6.70. The Bertz CT molecular complexity index is 958. The van der Waals surface area contributed by atoms with E-state index in [1.54, 1.807) is 23.2 Å². The van der Waals surface area contributed by atoms with Crippen LogP contribution in [0.15, 0.2) is 35.7 Å². The first-order valence-electron chi connectivity index (χ1n) is 9.07. The molecule has 2 aliphatic rings. The molecule has 6 nitrogen and oxygen atoms in total. The number of halogens is 1. The van der Waals surface area contributed by atoms with Gasteiger partial charge in [0.05, 0.1) is 6.04 Å². The van der Waals surface area contributed by atoms with Crippen LogP contribution in [0.5, 0.6) is 0 Å². The van der Waals surface area contributed by atoms with Gasteiger partial charge >= 0.3 is 6.03 Å². The molecule has 1 N–H and O–H groups in total. The van der Waals surface area contributed by atoms with Gasteiger partial charge in [0.15, 0.2) is 0 Å². The Morgan fingerprint density at radius 2 is 2.00 bits per heavy atom. The summed E-state index contributed by atoms with van der Waals surface area (Å²) in [5.74, 6) is -1.21. The van der Waals surface area contributed by atoms with Gasteiger partial charge in [-0.1, -0.05) is 12.1 Å². The van der Waals surface area contributed by atoms with E-state index >= 15 is 0 Å². The van der Waals surface area contributed by atoms with Gasteiger partial charge in [-0.15, -0.1) is 11.3 Å². The first kappa shape index (κ1) is 18.6. The highest BCUT2D eigenvalue weighted by molar-refractivity contribution is 7.10. The molecule has 28 heavy (non-hydrogen) atoms. The van der Waals surface area contributed by atoms with Crippen molar-refractivity contribution in [2.24, 2.45) is 0 Å². The van der Waals surface area contributed by atoms with Crippen molar-refractivity contribution < 1.29 is 18.8 Å². The molecule has 1 saturated heterocycles. The lowest BCUT2D eigenvalue weighted by Crippen LogP contribution is -2.46. The fourth-order valence-electron chi connectivity index (χ4n) is 3.90. The van der Waals surface area contributed by atoms with E-state index in [1.807, 2.05) is 18.4 Å². The maximum absolute atomic E-state index is 13.2. The lowest BCUT2D eigenvalue weighted by molar-refractivity contribution is -0.140. The monoisotopic (exact) mass is 401 g/mol. The topological polar surface area (TPSA) is 69.7 Å². The van der Waals surface area contributed by atoms with Gasteiger partial charge in [0.2, 0.25) is 5.91 Å². The van der Waals surface area contributed by atoms with Crippen molar-refractivity contribution in [1.82, 2.24) is 15.1 Å². The minimum atomic E-state index is -1.32. The normalized spacial score (nSPS) is 24.3. The number of carbonyl (C=O) groups is 3. The number of hydrogen-bond acceptors (Lipinski definition) is 4. The number of benzene rings is 1. The van der Waals surface area contributed by atoms with E-state index in [2.05, 4.69) is 5.32 Å². The highest BCUT2D eigenvalue weighted by Gasteiger charge is 2.50. The molecule has 0 radical (unpaired) electrons. The zero-order chi connectivity index (χ0) is 20.1. The summed E-state index contributed by atoms with van der Waals surface area (Å²) in [6, 6.07) is 6.71. The molecule has 0 aliphatic carbocycles. The van der Waals surface area contributed by atoms with Gasteiger partial charge in [-0.3, -0.25) is 14.5 Å². The summed E-state index contributed by atoms with van der Waals surface area (Å²) >= 11 is 1.68. The molecule has 2 atom stereocenters. The smallest absolute Gasteiger partial charge is 0.325 e. The molecule has 4 amide bonds. The molecule has 0 unspecified atom stereocenters. The van der Waals surface area contributed by atoms with Crippen LogP contribution >= 0.6 is 11.3 Å². The predicted octanol–water partition coefficient (Wildman–Crippen LogP) is 2.80. The van der Waals surface area contributed by atoms with Crippen molar-refractivity contribution in [3.63, 3.8) is 0 Å². The minimum Gasteiger partial charge on any atom is -0.334 e. The molecule has 1 aromatic heterocycles. The molecule has 0 bridgehead atoms. The van der Waals surface area contributed by atoms with Gasteiger partial charge in [-0.2, -0.15) is 0 Å². The summed E-state index contributed by atoms with van der Waals surface area (Å²) in [5.41, 5.74) is 0.272. The summed E-state index contributed by atoms with van der Waals surface area (Å²) in [6.45, 7) is 3.76. The fraction of sp³-hybridized carbons (Fsp3) is 0.350. The molecule has 2 aromatic rings. The number of fused-ring (bicyclic) bond motifs is 1. The highest BCUT2D eigenvalue weighted by Crippen LogP contribution is 2.34. The molecule has 0 spiro atoms. The largest absolute Gasteiger partial charge is 0.334 e. The maximum Gasteiger partial charge on any atom is 0.325 e. The summed E-state index contributed by atoms with van der Waals surface area (Å²) in [5, 5.41) is 4.66. The van der Waals surface area contributed by atoms with Crippen LogP contribution in [-0.4, -0.2) is 40.7 Å². The second-order valence-electron chi connectivity index (χ2n) is 7.27. The Kier molecular flexibility index (Phi) is 4.45. The summed E-state index contributed by atoms with van der Waals surface area (Å²) in [4.78, 5) is 42.2. The van der Waals surface area contributed by atoms with Crippen molar-refractivity contribution in [2.75, 3.05) is 13.1 Å². The van der Waals surface area contributed by atoms with E-state index in [9.17, 15) is 18.8 Å². The lowest BCUT2D eigenvalue weighted by atomic mass is 9.92. The van der Waals surface area contributed by atoms with Crippen molar-refractivity contribution in [2.45, 2.75) is 31.8 Å². The molecule has 0 saturated carbocycles. The molecule has 1 fully saturated rings. The first-order valence-corrected chi connectivity index (χ1v) is 9.95. The van der Waals surface area contributed by atoms with Gasteiger partial charge in [-0.25, -0.2) is 9.18 Å². The molecular formula is C20H20FN3O3S. The van der Waals surface area contributed by atoms with Crippen LogP contribution < -0.4 is 5.32 Å². The van der Waals surface area contributed by atoms with Crippen LogP contribution in [-0.2, 0) is 21.5 Å². The third-order valence-electron chi connectivity index (χ3n) is 5.59. The van der Waals surface area contributed by atoms with Gasteiger partial charge < -0.3 is 10.2 Å². The first-order chi connectivity index (χ1) is 13.3. The van der Waals surface area contributed by atoms with E-state index in [4.69, 9.17) is 0 Å². The Labute approximate surface area is 165 Å². The molecule has 2 aliphatic heterocycles. The van der Waals surface area contributed by atoms with Gasteiger partial charge in [-0.05, 0) is 55.0 Å². The third kappa shape index (κ3) is 2.88. The molecule has 146 valence electrons. The number of carbonyl (C=O) groups excluding carboxylic acids is 3. The second-order valence-corrected chi connectivity index (χ2v) is 8.27. The van der Waals surface area contributed by atoms with Crippen LogP contribution in [0.1, 0.15) is 35.9 Å². The fourth-order valence-corrected chi connectivity index (χ4v) is 4.86. The Hall–Kier alpha value is -2.74. The highest BCUT2D eigenvalue weighted by atomic mass is 32.1. The zero-order valence-corrected chi connectivity index (χ0v) is 16.4. The number of urea groups is 1. The van der Waals surface area contributed by atoms with Crippen LogP contribution in [0.2, 0.25) is 0 Å². The summed E-state index contributed by atoms with van der Waals surface area (Å²) in [6.07, 6.45) is 0.774. The van der Waals surface area contributed by atoms with Crippen LogP contribution in [0.3, 0.4) is 0 Å². The van der Waals surface area contributed by atoms with Gasteiger partial charge in [0.1, 0.15) is 17.9 Å². The van der Waals surface area contributed by atoms with Gasteiger partial charge in [0, 0.05) is 11.4 Å². The van der Waals surface area contributed by atoms with E-state index in [1.165, 1.54) is 29.1 Å². The molecule has 1 aromatic carbocycles. The number of nitrogens with one attached hydrogen (secondary N) is 1. The molecule has 4 rings (SSSR count). The Morgan fingerprint density at radius 3 is 2.71 bits per heavy atom. The van der Waals surface area contributed by atoms with Crippen molar-refractivity contribution in [3.8, 4) is 0 Å². The van der Waals surface area contributed by atoms with Crippen molar-refractivity contribution >= 4 is 29.2 Å². The summed E-state index contributed by atoms with van der Waals surface area (Å²) in [7, 11) is 0. The number of amides is 4. The number of imide groups is 1. The molecule has 3 heterocycles. The standard InChI is InChI=1S/C20H20FN3O3S/c1-12-15-8-10-28-16(15)7-9-23(12)17(25)11-24-18(26)20(2,22-19(24)27)13-3-5-14(21)6-4-13/h3-6,8,10,12H,7,9,11H2,1-2H3,(H,22,27)/t12-,20-/m0/s1. The van der Waals surface area contributed by atoms with E-state index in [0.29, 0.717) is 12.1 Å². The van der Waals surface area contributed by atoms with E-state index in [0.717, 1.165) is 16.9 Å². The minimum absolute atomic E-state index is 0.0910. The van der Waals surface area contributed by atoms with Crippen LogP contribution in [0.25, 0.3) is 0 Å². The molecule has 8 heteroatoms.